The minimum Gasteiger partial charge on any atom is -0.497 e. The van der Waals surface area contributed by atoms with E-state index in [1.165, 1.54) is 5.56 Å². The van der Waals surface area contributed by atoms with Crippen LogP contribution in [0.1, 0.15) is 29.7 Å². The molecule has 1 amide bonds. The number of ether oxygens (including phenoxy) is 1. The van der Waals surface area contributed by atoms with Gasteiger partial charge in [-0.1, -0.05) is 42.0 Å². The number of carbonyl (C=O) groups excluding carboxylic acids is 1. The van der Waals surface area contributed by atoms with E-state index in [-0.39, 0.29) is 11.9 Å². The molecule has 1 N–H and O–H groups in total. The predicted molar refractivity (Wildman–Crippen MR) is 84.4 cm³/mol. The van der Waals surface area contributed by atoms with Gasteiger partial charge in [0.2, 0.25) is 5.91 Å². The molecule has 0 fully saturated rings. The summed E-state index contributed by atoms with van der Waals surface area (Å²) in [6.45, 7) is 4.00. The minimum absolute atomic E-state index is 0.0240. The van der Waals surface area contributed by atoms with Crippen LogP contribution in [0, 0.1) is 6.92 Å². The van der Waals surface area contributed by atoms with Crippen LogP contribution in [0.5, 0.6) is 5.75 Å². The molecule has 3 nitrogen and oxygen atoms in total. The molecule has 0 aromatic heterocycles. The second kappa shape index (κ2) is 6.93. The van der Waals surface area contributed by atoms with Crippen molar-refractivity contribution in [3.63, 3.8) is 0 Å². The summed E-state index contributed by atoms with van der Waals surface area (Å²) in [5.74, 6) is 0.822. The first kappa shape index (κ1) is 15.1. The first-order chi connectivity index (χ1) is 10.1. The van der Waals surface area contributed by atoms with Crippen molar-refractivity contribution >= 4 is 5.91 Å². The standard InChI is InChI=1S/C18H21NO2/c1-13-6-4-7-15(10-13)11-18(20)19-14(2)16-8-5-9-17(12-16)21-3/h4-10,12,14H,11H2,1-3H3,(H,19,20)/t14-/m0/s1. The number of amides is 1. The maximum Gasteiger partial charge on any atom is 0.224 e. The minimum atomic E-state index is -0.0441. The highest BCUT2D eigenvalue weighted by atomic mass is 16.5. The van der Waals surface area contributed by atoms with Gasteiger partial charge in [0.05, 0.1) is 19.6 Å². The number of methoxy groups -OCH3 is 1. The molecule has 0 spiro atoms. The number of hydrogen-bond acceptors (Lipinski definition) is 2. The van der Waals surface area contributed by atoms with Crippen LogP contribution >= 0.6 is 0 Å². The van der Waals surface area contributed by atoms with Gasteiger partial charge in [-0.05, 0) is 37.1 Å². The maximum absolute atomic E-state index is 12.1. The largest absolute Gasteiger partial charge is 0.497 e. The van der Waals surface area contributed by atoms with Crippen LogP contribution in [0.3, 0.4) is 0 Å². The summed E-state index contributed by atoms with van der Waals surface area (Å²) in [6, 6.07) is 15.7. The van der Waals surface area contributed by atoms with Crippen molar-refractivity contribution in [3.8, 4) is 5.75 Å². The predicted octanol–water partition coefficient (Wildman–Crippen LogP) is 3.42. The Kier molecular flexibility index (Phi) is 4.99. The second-order valence-electron chi connectivity index (χ2n) is 5.23. The number of benzene rings is 2. The molecular weight excluding hydrogens is 262 g/mol. The van der Waals surface area contributed by atoms with Gasteiger partial charge < -0.3 is 10.1 Å². The summed E-state index contributed by atoms with van der Waals surface area (Å²) >= 11 is 0. The van der Waals surface area contributed by atoms with E-state index in [4.69, 9.17) is 4.74 Å². The van der Waals surface area contributed by atoms with Gasteiger partial charge in [-0.2, -0.15) is 0 Å². The van der Waals surface area contributed by atoms with Crippen molar-refractivity contribution < 1.29 is 9.53 Å². The Bertz CT molecular complexity index is 622. The quantitative estimate of drug-likeness (QED) is 0.913. The Labute approximate surface area is 126 Å². The zero-order valence-electron chi connectivity index (χ0n) is 12.7. The lowest BCUT2D eigenvalue weighted by Gasteiger charge is -2.15. The molecule has 0 unspecified atom stereocenters. The summed E-state index contributed by atoms with van der Waals surface area (Å²) in [5, 5.41) is 3.02. The average molecular weight is 283 g/mol. The SMILES string of the molecule is COc1cccc([C@H](C)NC(=O)Cc2cccc(C)c2)c1. The monoisotopic (exact) mass is 283 g/mol. The Morgan fingerprint density at radius 1 is 1.19 bits per heavy atom. The fourth-order valence-electron chi connectivity index (χ4n) is 2.29. The van der Waals surface area contributed by atoms with Gasteiger partial charge in [-0.25, -0.2) is 0 Å². The molecule has 0 heterocycles. The number of hydrogen-bond donors (Lipinski definition) is 1. The Morgan fingerprint density at radius 3 is 2.67 bits per heavy atom. The normalized spacial score (nSPS) is 11.8. The van der Waals surface area contributed by atoms with Crippen LogP contribution in [-0.4, -0.2) is 13.0 Å². The third-order valence-corrected chi connectivity index (χ3v) is 3.42. The molecule has 0 aliphatic carbocycles. The number of aryl methyl sites for hydroxylation is 1. The molecule has 0 saturated heterocycles. The first-order valence-corrected chi connectivity index (χ1v) is 7.07. The summed E-state index contributed by atoms with van der Waals surface area (Å²) < 4.78 is 5.21. The highest BCUT2D eigenvalue weighted by Crippen LogP contribution is 2.18. The lowest BCUT2D eigenvalue weighted by molar-refractivity contribution is -0.121. The smallest absolute Gasteiger partial charge is 0.224 e. The summed E-state index contributed by atoms with van der Waals surface area (Å²) in [4.78, 5) is 12.1. The van der Waals surface area contributed by atoms with E-state index in [9.17, 15) is 4.79 Å². The van der Waals surface area contributed by atoms with Crippen LogP contribution in [0.25, 0.3) is 0 Å². The first-order valence-electron chi connectivity index (χ1n) is 7.07. The Hall–Kier alpha value is -2.29. The maximum atomic E-state index is 12.1. The third kappa shape index (κ3) is 4.35. The molecule has 0 aliphatic heterocycles. The third-order valence-electron chi connectivity index (χ3n) is 3.42. The zero-order chi connectivity index (χ0) is 15.2. The zero-order valence-corrected chi connectivity index (χ0v) is 12.7. The molecule has 1 atom stereocenters. The lowest BCUT2D eigenvalue weighted by Crippen LogP contribution is -2.28. The van der Waals surface area contributed by atoms with Gasteiger partial charge in [0.15, 0.2) is 0 Å². The van der Waals surface area contributed by atoms with Crippen molar-refractivity contribution in [3.05, 3.63) is 65.2 Å². The molecular formula is C18H21NO2. The molecule has 0 saturated carbocycles. The van der Waals surface area contributed by atoms with E-state index in [0.29, 0.717) is 6.42 Å². The molecule has 0 aliphatic rings. The van der Waals surface area contributed by atoms with Crippen molar-refractivity contribution in [2.75, 3.05) is 7.11 Å². The van der Waals surface area contributed by atoms with Gasteiger partial charge in [-0.15, -0.1) is 0 Å². The van der Waals surface area contributed by atoms with Crippen LogP contribution in [-0.2, 0) is 11.2 Å². The second-order valence-corrected chi connectivity index (χ2v) is 5.23. The van der Waals surface area contributed by atoms with E-state index in [2.05, 4.69) is 5.32 Å². The van der Waals surface area contributed by atoms with Gasteiger partial charge in [0.1, 0.15) is 5.75 Å². The van der Waals surface area contributed by atoms with Crippen molar-refractivity contribution in [1.82, 2.24) is 5.32 Å². The van der Waals surface area contributed by atoms with E-state index < -0.39 is 0 Å². The van der Waals surface area contributed by atoms with Crippen molar-refractivity contribution in [2.45, 2.75) is 26.3 Å². The van der Waals surface area contributed by atoms with Crippen molar-refractivity contribution in [1.29, 1.82) is 0 Å². The van der Waals surface area contributed by atoms with Gasteiger partial charge in [-0.3, -0.25) is 4.79 Å². The van der Waals surface area contributed by atoms with Crippen LogP contribution in [0.4, 0.5) is 0 Å². The van der Waals surface area contributed by atoms with Gasteiger partial charge in [0.25, 0.3) is 0 Å². The van der Waals surface area contributed by atoms with Crippen molar-refractivity contribution in [2.24, 2.45) is 0 Å². The van der Waals surface area contributed by atoms with Crippen LogP contribution < -0.4 is 10.1 Å². The lowest BCUT2D eigenvalue weighted by atomic mass is 10.1. The molecule has 21 heavy (non-hydrogen) atoms. The van der Waals surface area contributed by atoms with Crippen LogP contribution in [0.15, 0.2) is 48.5 Å². The molecule has 0 bridgehead atoms. The number of rotatable bonds is 5. The Morgan fingerprint density at radius 2 is 1.95 bits per heavy atom. The van der Waals surface area contributed by atoms with Gasteiger partial charge in [0, 0.05) is 0 Å². The van der Waals surface area contributed by atoms with E-state index >= 15 is 0 Å². The highest BCUT2D eigenvalue weighted by molar-refractivity contribution is 5.79. The number of carbonyl (C=O) groups is 1. The fraction of sp³-hybridized carbons (Fsp3) is 0.278. The van der Waals surface area contributed by atoms with E-state index in [0.717, 1.165) is 16.9 Å². The topological polar surface area (TPSA) is 38.3 Å². The van der Waals surface area contributed by atoms with E-state index in [1.807, 2.05) is 62.4 Å². The average Bonchev–Trinajstić information content (AvgIpc) is 2.47. The van der Waals surface area contributed by atoms with Gasteiger partial charge >= 0.3 is 0 Å². The molecule has 3 heteroatoms. The molecule has 110 valence electrons. The molecule has 2 aromatic rings. The Balaban J connectivity index is 1.98. The molecule has 0 radical (unpaired) electrons. The summed E-state index contributed by atoms with van der Waals surface area (Å²) in [5.41, 5.74) is 3.23. The van der Waals surface area contributed by atoms with Crippen LogP contribution in [0.2, 0.25) is 0 Å². The van der Waals surface area contributed by atoms with E-state index in [1.54, 1.807) is 7.11 Å². The highest BCUT2D eigenvalue weighted by Gasteiger charge is 2.10. The number of nitrogens with one attached hydrogen (secondary N) is 1. The summed E-state index contributed by atoms with van der Waals surface area (Å²) in [6.07, 6.45) is 0.399. The molecule has 2 rings (SSSR count). The molecule has 2 aromatic carbocycles. The summed E-state index contributed by atoms with van der Waals surface area (Å²) in [7, 11) is 1.64. The fourth-order valence-corrected chi connectivity index (χ4v) is 2.29.